The van der Waals surface area contributed by atoms with Gasteiger partial charge in [-0.25, -0.2) is 9.48 Å². The Labute approximate surface area is 194 Å². The van der Waals surface area contributed by atoms with Crippen molar-refractivity contribution in [3.8, 4) is 5.75 Å². The van der Waals surface area contributed by atoms with Gasteiger partial charge < -0.3 is 10.1 Å². The van der Waals surface area contributed by atoms with Crippen LogP contribution in [0.4, 0.5) is 0 Å². The second-order valence-corrected chi connectivity index (χ2v) is 8.92. The van der Waals surface area contributed by atoms with E-state index in [0.717, 1.165) is 63.3 Å². The van der Waals surface area contributed by atoms with Gasteiger partial charge in [-0.1, -0.05) is 23.4 Å². The molecular formula is C25H30N6O2. The molecule has 3 aromatic rings. The molecule has 5 rings (SSSR count). The van der Waals surface area contributed by atoms with Crippen LogP contribution < -0.4 is 10.1 Å². The lowest BCUT2D eigenvalue weighted by Gasteiger charge is -2.31. The molecule has 0 unspecified atom stereocenters. The minimum atomic E-state index is -0.171. The number of aromatic nitrogens is 4. The van der Waals surface area contributed by atoms with Gasteiger partial charge in [0.15, 0.2) is 0 Å². The quantitative estimate of drug-likeness (QED) is 0.441. The third-order valence-electron chi connectivity index (χ3n) is 6.50. The van der Waals surface area contributed by atoms with Crippen LogP contribution in [-0.2, 0) is 17.9 Å². The summed E-state index contributed by atoms with van der Waals surface area (Å²) in [4.78, 5) is 19.1. The van der Waals surface area contributed by atoms with E-state index in [-0.39, 0.29) is 12.0 Å². The van der Waals surface area contributed by atoms with Crippen molar-refractivity contribution in [2.45, 2.75) is 50.7 Å². The minimum absolute atomic E-state index is 0.168. The maximum atomic E-state index is 12.3. The Balaban J connectivity index is 1.12. The van der Waals surface area contributed by atoms with Gasteiger partial charge in [0.1, 0.15) is 11.8 Å². The number of likely N-dealkylation sites (tertiary alicyclic amines) is 1. The lowest BCUT2D eigenvalue weighted by atomic mass is 9.89. The van der Waals surface area contributed by atoms with Crippen LogP contribution in [0.3, 0.4) is 0 Å². The lowest BCUT2D eigenvalue weighted by Crippen LogP contribution is -2.34. The van der Waals surface area contributed by atoms with Gasteiger partial charge in [-0.05, 0) is 81.1 Å². The zero-order valence-electron chi connectivity index (χ0n) is 18.8. The molecule has 2 aliphatic rings. The SMILES string of the molecule is O=C(Oc1cccc(C2CCN(Cc3cn(Cc4ccccn4)nn3)CC2)c1)[C@@H]1CCCN1. The van der Waals surface area contributed by atoms with E-state index < -0.39 is 0 Å². The molecule has 1 N–H and O–H groups in total. The predicted octanol–water partition coefficient (Wildman–Crippen LogP) is 2.76. The summed E-state index contributed by atoms with van der Waals surface area (Å²) in [5.74, 6) is 0.957. The summed E-state index contributed by atoms with van der Waals surface area (Å²) in [6, 6.07) is 13.8. The van der Waals surface area contributed by atoms with Crippen LogP contribution in [0.1, 0.15) is 48.6 Å². The van der Waals surface area contributed by atoms with E-state index in [1.165, 1.54) is 5.56 Å². The molecule has 0 amide bonds. The van der Waals surface area contributed by atoms with Gasteiger partial charge in [0.25, 0.3) is 0 Å². The standard InChI is InChI=1S/C25H30N6O2/c32-25(24-8-4-12-27-24)33-23-7-3-5-20(15-23)19-9-13-30(14-10-19)16-22-18-31(29-28-22)17-21-6-1-2-11-26-21/h1-3,5-7,11,15,18-19,24,27H,4,8-10,12-14,16-17H2/t24-/m0/s1. The largest absolute Gasteiger partial charge is 0.425 e. The maximum absolute atomic E-state index is 12.3. The number of esters is 1. The summed E-state index contributed by atoms with van der Waals surface area (Å²) in [7, 11) is 0. The number of carbonyl (C=O) groups is 1. The normalized spacial score (nSPS) is 19.6. The second kappa shape index (κ2) is 10.2. The van der Waals surface area contributed by atoms with E-state index in [9.17, 15) is 4.79 Å². The predicted molar refractivity (Wildman–Crippen MR) is 124 cm³/mol. The van der Waals surface area contributed by atoms with Crippen molar-refractivity contribution in [3.63, 3.8) is 0 Å². The molecule has 0 saturated carbocycles. The van der Waals surface area contributed by atoms with E-state index in [0.29, 0.717) is 18.2 Å². The molecule has 33 heavy (non-hydrogen) atoms. The Morgan fingerprint density at radius 3 is 2.76 bits per heavy atom. The number of rotatable bonds is 7. The van der Waals surface area contributed by atoms with Crippen molar-refractivity contribution >= 4 is 5.97 Å². The zero-order valence-corrected chi connectivity index (χ0v) is 18.8. The number of benzene rings is 1. The van der Waals surface area contributed by atoms with Crippen molar-refractivity contribution in [2.75, 3.05) is 19.6 Å². The van der Waals surface area contributed by atoms with Crippen molar-refractivity contribution in [1.29, 1.82) is 0 Å². The fraction of sp³-hybridized carbons (Fsp3) is 0.440. The van der Waals surface area contributed by atoms with Crippen molar-refractivity contribution < 1.29 is 9.53 Å². The van der Waals surface area contributed by atoms with Gasteiger partial charge in [-0.3, -0.25) is 9.88 Å². The smallest absolute Gasteiger partial charge is 0.328 e. The van der Waals surface area contributed by atoms with Crippen LogP contribution in [0.25, 0.3) is 0 Å². The Hall–Kier alpha value is -3.10. The van der Waals surface area contributed by atoms with Gasteiger partial charge in [0.2, 0.25) is 0 Å². The maximum Gasteiger partial charge on any atom is 0.328 e. The molecule has 2 fully saturated rings. The van der Waals surface area contributed by atoms with Crippen molar-refractivity contribution in [1.82, 2.24) is 30.2 Å². The Morgan fingerprint density at radius 1 is 1.06 bits per heavy atom. The number of carbonyl (C=O) groups excluding carboxylic acids is 1. The van der Waals surface area contributed by atoms with E-state index in [1.54, 1.807) is 6.20 Å². The van der Waals surface area contributed by atoms with Gasteiger partial charge in [-0.15, -0.1) is 5.10 Å². The highest BCUT2D eigenvalue weighted by Crippen LogP contribution is 2.30. The molecule has 1 aromatic carbocycles. The number of ether oxygens (including phenoxy) is 1. The summed E-state index contributed by atoms with van der Waals surface area (Å²) in [6.45, 7) is 4.34. The average Bonchev–Trinajstić information content (AvgIpc) is 3.53. The molecule has 172 valence electrons. The highest BCUT2D eigenvalue weighted by molar-refractivity contribution is 5.78. The highest BCUT2D eigenvalue weighted by atomic mass is 16.5. The molecule has 2 aliphatic heterocycles. The number of pyridine rings is 1. The van der Waals surface area contributed by atoms with Crippen LogP contribution >= 0.6 is 0 Å². The topological polar surface area (TPSA) is 85.2 Å². The summed E-state index contributed by atoms with van der Waals surface area (Å²) >= 11 is 0. The molecule has 0 spiro atoms. The van der Waals surface area contributed by atoms with Crippen molar-refractivity contribution in [2.24, 2.45) is 0 Å². The van der Waals surface area contributed by atoms with Crippen LogP contribution in [0.15, 0.2) is 54.9 Å². The number of nitrogens with zero attached hydrogens (tertiary/aromatic N) is 5. The van der Waals surface area contributed by atoms with Crippen LogP contribution in [0.5, 0.6) is 5.75 Å². The molecular weight excluding hydrogens is 416 g/mol. The first-order chi connectivity index (χ1) is 16.2. The summed E-state index contributed by atoms with van der Waals surface area (Å²) in [6.07, 6.45) is 7.84. The molecule has 0 radical (unpaired) electrons. The Kier molecular flexibility index (Phi) is 6.73. The van der Waals surface area contributed by atoms with E-state index in [4.69, 9.17) is 4.74 Å². The zero-order chi connectivity index (χ0) is 22.5. The van der Waals surface area contributed by atoms with Gasteiger partial charge in [0, 0.05) is 12.7 Å². The molecule has 0 bridgehead atoms. The molecule has 2 saturated heterocycles. The fourth-order valence-electron chi connectivity index (χ4n) is 4.70. The third-order valence-corrected chi connectivity index (χ3v) is 6.50. The molecule has 0 aliphatic carbocycles. The van der Waals surface area contributed by atoms with Crippen LogP contribution in [-0.4, -0.2) is 56.5 Å². The van der Waals surface area contributed by atoms with Gasteiger partial charge >= 0.3 is 5.97 Å². The van der Waals surface area contributed by atoms with E-state index in [2.05, 4.69) is 31.6 Å². The highest BCUT2D eigenvalue weighted by Gasteiger charge is 2.25. The van der Waals surface area contributed by atoms with Crippen molar-refractivity contribution in [3.05, 3.63) is 71.8 Å². The summed E-state index contributed by atoms with van der Waals surface area (Å²) < 4.78 is 7.49. The molecule has 4 heterocycles. The molecule has 8 heteroatoms. The second-order valence-electron chi connectivity index (χ2n) is 8.92. The number of nitrogens with one attached hydrogen (secondary N) is 1. The number of piperidine rings is 1. The minimum Gasteiger partial charge on any atom is -0.425 e. The first kappa shape index (κ1) is 21.7. The molecule has 8 nitrogen and oxygen atoms in total. The average molecular weight is 447 g/mol. The molecule has 1 atom stereocenters. The first-order valence-electron chi connectivity index (χ1n) is 11.8. The lowest BCUT2D eigenvalue weighted by molar-refractivity contribution is -0.136. The first-order valence-corrected chi connectivity index (χ1v) is 11.8. The number of hydrogen-bond acceptors (Lipinski definition) is 7. The summed E-state index contributed by atoms with van der Waals surface area (Å²) in [5, 5.41) is 11.8. The van der Waals surface area contributed by atoms with Crippen LogP contribution in [0.2, 0.25) is 0 Å². The Morgan fingerprint density at radius 2 is 1.97 bits per heavy atom. The number of hydrogen-bond donors (Lipinski definition) is 1. The van der Waals surface area contributed by atoms with Gasteiger partial charge in [-0.2, -0.15) is 0 Å². The molecule has 2 aromatic heterocycles. The summed E-state index contributed by atoms with van der Waals surface area (Å²) in [5.41, 5.74) is 3.21. The monoisotopic (exact) mass is 446 g/mol. The van der Waals surface area contributed by atoms with E-state index >= 15 is 0 Å². The fourth-order valence-corrected chi connectivity index (χ4v) is 4.70. The van der Waals surface area contributed by atoms with E-state index in [1.807, 2.05) is 47.3 Å². The third kappa shape index (κ3) is 5.64. The van der Waals surface area contributed by atoms with Crippen LogP contribution in [0, 0.1) is 0 Å². The van der Waals surface area contributed by atoms with Gasteiger partial charge in [0.05, 0.1) is 24.1 Å². The Bertz CT molecular complexity index is 1060.